The van der Waals surface area contributed by atoms with E-state index in [1.165, 1.54) is 0 Å². The lowest BCUT2D eigenvalue weighted by atomic mass is 9.99. The van der Waals surface area contributed by atoms with E-state index in [1.807, 2.05) is 17.9 Å². The van der Waals surface area contributed by atoms with E-state index in [-0.39, 0.29) is 15.8 Å². The zero-order valence-electron chi connectivity index (χ0n) is 16.4. The average Bonchev–Trinajstić information content (AvgIpc) is 3.15. The van der Waals surface area contributed by atoms with Crippen molar-refractivity contribution in [2.75, 3.05) is 18.0 Å². The third-order valence-electron chi connectivity index (χ3n) is 5.31. The number of aromatic nitrogens is 1. The third-order valence-corrected chi connectivity index (χ3v) is 7.21. The maximum absolute atomic E-state index is 13.4. The summed E-state index contributed by atoms with van der Waals surface area (Å²) in [5.41, 5.74) is 1.64. The molecule has 0 aliphatic carbocycles. The van der Waals surface area contributed by atoms with Gasteiger partial charge >= 0.3 is 0 Å². The summed E-state index contributed by atoms with van der Waals surface area (Å²) >= 11 is 6.11. The number of oxazole rings is 1. The van der Waals surface area contributed by atoms with Crippen LogP contribution in [-0.4, -0.2) is 26.5 Å². The van der Waals surface area contributed by atoms with Crippen LogP contribution in [0.5, 0.6) is 0 Å². The summed E-state index contributed by atoms with van der Waals surface area (Å²) in [5, 5.41) is 0.503. The lowest BCUT2D eigenvalue weighted by Gasteiger charge is -2.30. The number of halogens is 1. The van der Waals surface area contributed by atoms with Crippen molar-refractivity contribution in [3.05, 3.63) is 59.1 Å². The van der Waals surface area contributed by atoms with E-state index in [0.717, 1.165) is 31.5 Å². The fourth-order valence-corrected chi connectivity index (χ4v) is 4.97. The van der Waals surface area contributed by atoms with Gasteiger partial charge in [-0.05, 0) is 56.0 Å². The van der Waals surface area contributed by atoms with Crippen molar-refractivity contribution in [2.45, 2.75) is 36.6 Å². The molecule has 4 rings (SSSR count). The van der Waals surface area contributed by atoms with E-state index in [4.69, 9.17) is 16.0 Å². The quantitative estimate of drug-likeness (QED) is 0.556. The van der Waals surface area contributed by atoms with Gasteiger partial charge in [-0.25, -0.2) is 8.42 Å². The second-order valence-electron chi connectivity index (χ2n) is 7.63. The zero-order chi connectivity index (χ0) is 20.6. The molecule has 0 radical (unpaired) electrons. The summed E-state index contributed by atoms with van der Waals surface area (Å²) in [5.74, 6) is 1.18. The van der Waals surface area contributed by atoms with Gasteiger partial charge in [-0.2, -0.15) is 4.98 Å². The summed E-state index contributed by atoms with van der Waals surface area (Å²) in [4.78, 5) is 6.63. The second-order valence-corrected chi connectivity index (χ2v) is 9.93. The van der Waals surface area contributed by atoms with Crippen LogP contribution >= 0.6 is 11.6 Å². The minimum atomic E-state index is -3.83. The number of benzene rings is 2. The summed E-state index contributed by atoms with van der Waals surface area (Å²) in [7, 11) is -3.83. The highest BCUT2D eigenvalue weighted by Crippen LogP contribution is 2.36. The molecule has 2 aromatic carbocycles. The molecule has 1 fully saturated rings. The molecule has 7 heteroatoms. The first-order chi connectivity index (χ1) is 13.8. The maximum atomic E-state index is 13.4. The SMILES string of the molecule is Cc1ccc(S(=O)(=O)c2nc(-c3cccc(Cl)c3)oc2N2CCC(C)CC2)cc1. The number of anilines is 1. The van der Waals surface area contributed by atoms with Crippen molar-refractivity contribution < 1.29 is 12.8 Å². The second kappa shape index (κ2) is 7.84. The molecule has 1 aromatic heterocycles. The van der Waals surface area contributed by atoms with E-state index in [1.54, 1.807) is 42.5 Å². The third kappa shape index (κ3) is 4.05. The van der Waals surface area contributed by atoms with E-state index < -0.39 is 9.84 Å². The van der Waals surface area contributed by atoms with Crippen LogP contribution in [0.4, 0.5) is 5.88 Å². The Morgan fingerprint density at radius 1 is 1.10 bits per heavy atom. The Morgan fingerprint density at radius 3 is 2.45 bits per heavy atom. The molecule has 0 amide bonds. The van der Waals surface area contributed by atoms with Crippen LogP contribution in [0.1, 0.15) is 25.3 Å². The van der Waals surface area contributed by atoms with Gasteiger partial charge in [0, 0.05) is 23.7 Å². The Kier molecular flexibility index (Phi) is 5.40. The molecule has 152 valence electrons. The maximum Gasteiger partial charge on any atom is 0.236 e. The molecular formula is C22H23ClN2O3S. The minimum absolute atomic E-state index is 0.0362. The molecule has 0 bridgehead atoms. The van der Waals surface area contributed by atoms with Crippen molar-refractivity contribution in [1.29, 1.82) is 0 Å². The predicted octanol–water partition coefficient (Wildman–Crippen LogP) is 5.37. The molecule has 1 saturated heterocycles. The molecule has 2 heterocycles. The molecule has 5 nitrogen and oxygen atoms in total. The summed E-state index contributed by atoms with van der Waals surface area (Å²) < 4.78 is 32.9. The van der Waals surface area contributed by atoms with Gasteiger partial charge < -0.3 is 9.32 Å². The van der Waals surface area contributed by atoms with Crippen molar-refractivity contribution in [3.63, 3.8) is 0 Å². The van der Waals surface area contributed by atoms with Gasteiger partial charge in [0.05, 0.1) is 4.90 Å². The number of hydrogen-bond acceptors (Lipinski definition) is 5. The minimum Gasteiger partial charge on any atom is -0.419 e. The van der Waals surface area contributed by atoms with Gasteiger partial charge in [-0.15, -0.1) is 0 Å². The Morgan fingerprint density at radius 2 is 1.79 bits per heavy atom. The molecule has 0 unspecified atom stereocenters. The van der Waals surface area contributed by atoms with Crippen molar-refractivity contribution in [1.82, 2.24) is 4.98 Å². The van der Waals surface area contributed by atoms with Gasteiger partial charge in [0.2, 0.25) is 26.6 Å². The number of aryl methyl sites for hydroxylation is 1. The van der Waals surface area contributed by atoms with Crippen molar-refractivity contribution in [2.24, 2.45) is 5.92 Å². The van der Waals surface area contributed by atoms with E-state index in [9.17, 15) is 8.42 Å². The van der Waals surface area contributed by atoms with Crippen LogP contribution in [0.25, 0.3) is 11.5 Å². The van der Waals surface area contributed by atoms with Gasteiger partial charge in [-0.3, -0.25) is 0 Å². The van der Waals surface area contributed by atoms with Crippen LogP contribution in [0, 0.1) is 12.8 Å². The number of hydrogen-bond donors (Lipinski definition) is 0. The number of rotatable bonds is 4. The highest BCUT2D eigenvalue weighted by atomic mass is 35.5. The topological polar surface area (TPSA) is 63.4 Å². The number of piperidine rings is 1. The predicted molar refractivity (Wildman–Crippen MR) is 114 cm³/mol. The molecular weight excluding hydrogens is 408 g/mol. The first-order valence-corrected chi connectivity index (χ1v) is 11.5. The van der Waals surface area contributed by atoms with Crippen LogP contribution < -0.4 is 4.90 Å². The van der Waals surface area contributed by atoms with Gasteiger partial charge in [0.25, 0.3) is 0 Å². The molecule has 0 saturated carbocycles. The van der Waals surface area contributed by atoms with Crippen LogP contribution in [0.3, 0.4) is 0 Å². The number of nitrogens with zero attached hydrogens (tertiary/aromatic N) is 2. The molecule has 1 aliphatic heterocycles. The Bertz CT molecular complexity index is 1120. The summed E-state index contributed by atoms with van der Waals surface area (Å²) in [6.45, 7) is 5.60. The Labute approximate surface area is 176 Å². The Balaban J connectivity index is 1.83. The van der Waals surface area contributed by atoms with Gasteiger partial charge in [-0.1, -0.05) is 42.3 Å². The largest absolute Gasteiger partial charge is 0.419 e. The Hall–Kier alpha value is -2.31. The van der Waals surface area contributed by atoms with Gasteiger partial charge in [0.15, 0.2) is 0 Å². The molecule has 0 spiro atoms. The van der Waals surface area contributed by atoms with Gasteiger partial charge in [0.1, 0.15) is 0 Å². The van der Waals surface area contributed by atoms with Crippen molar-refractivity contribution >= 4 is 27.3 Å². The lowest BCUT2D eigenvalue weighted by Crippen LogP contribution is -2.33. The van der Waals surface area contributed by atoms with E-state index >= 15 is 0 Å². The number of sulfone groups is 1. The fourth-order valence-electron chi connectivity index (χ4n) is 3.46. The summed E-state index contributed by atoms with van der Waals surface area (Å²) in [6.07, 6.45) is 1.97. The first-order valence-electron chi connectivity index (χ1n) is 9.68. The monoisotopic (exact) mass is 430 g/mol. The molecule has 29 heavy (non-hydrogen) atoms. The van der Waals surface area contributed by atoms with E-state index in [0.29, 0.717) is 22.4 Å². The van der Waals surface area contributed by atoms with Crippen molar-refractivity contribution in [3.8, 4) is 11.5 Å². The van der Waals surface area contributed by atoms with Crippen LogP contribution in [0.15, 0.2) is 62.9 Å². The summed E-state index contributed by atoms with van der Waals surface area (Å²) in [6, 6.07) is 13.9. The highest BCUT2D eigenvalue weighted by molar-refractivity contribution is 7.91. The molecule has 3 aromatic rings. The molecule has 1 aliphatic rings. The van der Waals surface area contributed by atoms with E-state index in [2.05, 4.69) is 11.9 Å². The normalized spacial score (nSPS) is 15.6. The lowest BCUT2D eigenvalue weighted by molar-refractivity contribution is 0.415. The highest BCUT2D eigenvalue weighted by Gasteiger charge is 2.32. The average molecular weight is 431 g/mol. The molecule has 0 N–H and O–H groups in total. The molecule has 0 atom stereocenters. The van der Waals surface area contributed by atoms with Crippen LogP contribution in [0.2, 0.25) is 5.02 Å². The first kappa shape index (κ1) is 20.0. The fraction of sp³-hybridized carbons (Fsp3) is 0.318. The standard InChI is InChI=1S/C22H23ClN2O3S/c1-15-6-8-19(9-7-15)29(26,27)21-22(25-12-10-16(2)11-13-25)28-20(24-21)17-4-3-5-18(23)14-17/h3-9,14,16H,10-13H2,1-2H3. The smallest absolute Gasteiger partial charge is 0.236 e. The zero-order valence-corrected chi connectivity index (χ0v) is 18.0. The van der Waals surface area contributed by atoms with Crippen LogP contribution in [-0.2, 0) is 9.84 Å².